The molecule has 2 rings (SSSR count). The molecule has 1 aliphatic heterocycles. The molecule has 0 atom stereocenters. The van der Waals surface area contributed by atoms with Crippen LogP contribution >= 0.6 is 0 Å². The average Bonchev–Trinajstić information content (AvgIpc) is 2.58. The lowest BCUT2D eigenvalue weighted by molar-refractivity contribution is -0.00300. The van der Waals surface area contributed by atoms with E-state index in [4.69, 9.17) is 24.1 Å². The van der Waals surface area contributed by atoms with E-state index in [1.807, 2.05) is 0 Å². The topological polar surface area (TPSA) is 86.2 Å². The zero-order valence-corrected chi connectivity index (χ0v) is 14.2. The fourth-order valence-corrected chi connectivity index (χ4v) is 2.30. The second-order valence-electron chi connectivity index (χ2n) is 5.57. The lowest BCUT2D eigenvalue weighted by Crippen LogP contribution is -2.49. The smallest absolute Gasteiger partial charge is 0.225 e. The van der Waals surface area contributed by atoms with Crippen LogP contribution in [0.2, 0.25) is 0 Å². The van der Waals surface area contributed by atoms with Crippen molar-refractivity contribution in [2.75, 3.05) is 71.3 Å². The van der Waals surface area contributed by atoms with Gasteiger partial charge in [-0.2, -0.15) is 0 Å². The third kappa shape index (κ3) is 6.66. The molecule has 0 spiro atoms. The Labute approximate surface area is 142 Å². The molecule has 0 radical (unpaired) electrons. The summed E-state index contributed by atoms with van der Waals surface area (Å²) in [5.41, 5.74) is 0.642. The quantitative estimate of drug-likeness (QED) is 0.506. The Balaban J connectivity index is 1.43. The summed E-state index contributed by atoms with van der Waals surface area (Å²) in [5, 5.41) is 9.09. The third-order valence-corrected chi connectivity index (χ3v) is 3.63. The highest BCUT2D eigenvalue weighted by molar-refractivity contribution is 5.34. The van der Waals surface area contributed by atoms with Crippen molar-refractivity contribution in [1.82, 2.24) is 9.97 Å². The van der Waals surface area contributed by atoms with Gasteiger partial charge in [0.2, 0.25) is 5.95 Å². The summed E-state index contributed by atoms with van der Waals surface area (Å²) in [6.45, 7) is 5.92. The minimum atomic E-state index is -0.0622. The third-order valence-electron chi connectivity index (χ3n) is 3.63. The lowest BCUT2D eigenvalue weighted by atomic mass is 10.0. The van der Waals surface area contributed by atoms with E-state index in [0.29, 0.717) is 63.8 Å². The number of hydrogen-bond acceptors (Lipinski definition) is 8. The van der Waals surface area contributed by atoms with Crippen LogP contribution in [0.4, 0.5) is 5.95 Å². The summed E-state index contributed by atoms with van der Waals surface area (Å²) in [6.07, 6.45) is 1.67. The molecule has 1 aromatic heterocycles. The molecule has 8 heteroatoms. The first-order valence-electron chi connectivity index (χ1n) is 8.23. The van der Waals surface area contributed by atoms with E-state index in [1.54, 1.807) is 19.4 Å². The van der Waals surface area contributed by atoms with Crippen molar-refractivity contribution in [2.45, 2.75) is 6.61 Å². The highest BCUT2D eigenvalue weighted by Gasteiger charge is 2.28. The molecule has 24 heavy (non-hydrogen) atoms. The summed E-state index contributed by atoms with van der Waals surface area (Å²) in [6, 6.07) is 1.71. The first-order valence-corrected chi connectivity index (χ1v) is 8.23. The van der Waals surface area contributed by atoms with Gasteiger partial charge in [-0.15, -0.1) is 0 Å². The molecule has 0 aliphatic carbocycles. The van der Waals surface area contributed by atoms with Crippen molar-refractivity contribution >= 4 is 5.95 Å². The van der Waals surface area contributed by atoms with Crippen LogP contribution in [-0.4, -0.2) is 81.5 Å². The van der Waals surface area contributed by atoms with Gasteiger partial charge in [-0.3, -0.25) is 0 Å². The maximum atomic E-state index is 9.09. The molecule has 1 aromatic rings. The van der Waals surface area contributed by atoms with Crippen LogP contribution in [0.3, 0.4) is 0 Å². The molecule has 0 bridgehead atoms. The van der Waals surface area contributed by atoms with Crippen molar-refractivity contribution < 1.29 is 24.1 Å². The van der Waals surface area contributed by atoms with Crippen molar-refractivity contribution in [2.24, 2.45) is 5.92 Å². The number of ether oxygens (including phenoxy) is 4. The van der Waals surface area contributed by atoms with E-state index in [0.717, 1.165) is 13.1 Å². The Bertz CT molecular complexity index is 457. The summed E-state index contributed by atoms with van der Waals surface area (Å²) >= 11 is 0. The summed E-state index contributed by atoms with van der Waals surface area (Å²) in [5.74, 6) is 1.17. The standard InChI is InChI=1S/C16H27N3O5/c1-21-4-5-22-6-7-23-8-9-24-13-14-10-19(11-14)16-17-3-2-15(12-20)18-16/h2-3,14,20H,4-13H2,1H3. The van der Waals surface area contributed by atoms with Gasteiger partial charge in [-0.1, -0.05) is 0 Å². The van der Waals surface area contributed by atoms with E-state index in [-0.39, 0.29) is 6.61 Å². The summed E-state index contributed by atoms with van der Waals surface area (Å²) in [4.78, 5) is 10.6. The molecular weight excluding hydrogens is 314 g/mol. The van der Waals surface area contributed by atoms with Crippen LogP contribution in [0.1, 0.15) is 5.69 Å². The maximum absolute atomic E-state index is 9.09. The normalized spacial score (nSPS) is 14.8. The van der Waals surface area contributed by atoms with Crippen LogP contribution < -0.4 is 4.90 Å². The molecule has 1 fully saturated rings. The number of rotatable bonds is 13. The first-order chi connectivity index (χ1) is 11.8. The van der Waals surface area contributed by atoms with Crippen molar-refractivity contribution in [1.29, 1.82) is 0 Å². The molecule has 0 saturated carbocycles. The van der Waals surface area contributed by atoms with Gasteiger partial charge in [0.05, 0.1) is 58.5 Å². The molecule has 136 valence electrons. The van der Waals surface area contributed by atoms with Crippen LogP contribution in [0.15, 0.2) is 12.3 Å². The predicted octanol–water partition coefficient (Wildman–Crippen LogP) is 0.101. The van der Waals surface area contributed by atoms with E-state index in [9.17, 15) is 0 Å². The Kier molecular flexibility index (Phi) is 8.93. The van der Waals surface area contributed by atoms with Crippen LogP contribution in [0.25, 0.3) is 0 Å². The second-order valence-corrected chi connectivity index (χ2v) is 5.57. The average molecular weight is 341 g/mol. The van der Waals surface area contributed by atoms with Gasteiger partial charge >= 0.3 is 0 Å². The number of anilines is 1. The molecule has 0 aromatic carbocycles. The maximum Gasteiger partial charge on any atom is 0.225 e. The van der Waals surface area contributed by atoms with E-state index >= 15 is 0 Å². The Hall–Kier alpha value is -1.32. The largest absolute Gasteiger partial charge is 0.390 e. The number of aliphatic hydroxyl groups excluding tert-OH is 1. The Morgan fingerprint density at radius 3 is 2.42 bits per heavy atom. The summed E-state index contributed by atoms with van der Waals surface area (Å²) in [7, 11) is 1.65. The zero-order valence-electron chi connectivity index (χ0n) is 14.2. The fraction of sp³-hybridized carbons (Fsp3) is 0.750. The summed E-state index contributed by atoms with van der Waals surface area (Å²) < 4.78 is 21.2. The number of aromatic nitrogens is 2. The van der Waals surface area contributed by atoms with Crippen molar-refractivity contribution in [3.05, 3.63) is 18.0 Å². The molecule has 1 saturated heterocycles. The SMILES string of the molecule is COCCOCCOCCOCC1CN(c2nccc(CO)n2)C1. The molecule has 8 nitrogen and oxygen atoms in total. The minimum absolute atomic E-state index is 0.0622. The number of nitrogens with zero attached hydrogens (tertiary/aromatic N) is 3. The van der Waals surface area contributed by atoms with Crippen LogP contribution in [-0.2, 0) is 25.6 Å². The second kappa shape index (κ2) is 11.3. The number of aliphatic hydroxyl groups is 1. The molecule has 0 unspecified atom stereocenters. The van der Waals surface area contributed by atoms with Gasteiger partial charge in [-0.05, 0) is 6.07 Å². The van der Waals surface area contributed by atoms with Crippen LogP contribution in [0.5, 0.6) is 0 Å². The Morgan fingerprint density at radius 1 is 1.08 bits per heavy atom. The van der Waals surface area contributed by atoms with Crippen molar-refractivity contribution in [3.8, 4) is 0 Å². The van der Waals surface area contributed by atoms with E-state index < -0.39 is 0 Å². The van der Waals surface area contributed by atoms with Crippen LogP contribution in [0, 0.1) is 5.92 Å². The zero-order chi connectivity index (χ0) is 17.0. The van der Waals surface area contributed by atoms with Gasteiger partial charge in [0.25, 0.3) is 0 Å². The van der Waals surface area contributed by atoms with E-state index in [2.05, 4.69) is 14.9 Å². The highest BCUT2D eigenvalue weighted by Crippen LogP contribution is 2.21. The van der Waals surface area contributed by atoms with Gasteiger partial charge in [0.1, 0.15) is 0 Å². The molecule has 0 amide bonds. The van der Waals surface area contributed by atoms with Gasteiger partial charge in [-0.25, -0.2) is 9.97 Å². The Morgan fingerprint density at radius 2 is 1.75 bits per heavy atom. The number of methoxy groups -OCH3 is 1. The van der Waals surface area contributed by atoms with Gasteiger partial charge in [0.15, 0.2) is 0 Å². The van der Waals surface area contributed by atoms with Gasteiger partial charge in [0, 0.05) is 32.3 Å². The first kappa shape index (κ1) is 19.0. The van der Waals surface area contributed by atoms with Crippen molar-refractivity contribution in [3.63, 3.8) is 0 Å². The molecule has 1 N–H and O–H groups in total. The number of hydrogen-bond donors (Lipinski definition) is 1. The molecule has 2 heterocycles. The minimum Gasteiger partial charge on any atom is -0.390 e. The van der Waals surface area contributed by atoms with E-state index in [1.165, 1.54) is 0 Å². The monoisotopic (exact) mass is 341 g/mol. The lowest BCUT2D eigenvalue weighted by Gasteiger charge is -2.39. The highest BCUT2D eigenvalue weighted by atomic mass is 16.6. The molecule has 1 aliphatic rings. The van der Waals surface area contributed by atoms with Gasteiger partial charge < -0.3 is 29.0 Å². The molecular formula is C16H27N3O5. The predicted molar refractivity (Wildman–Crippen MR) is 88.0 cm³/mol. The fourth-order valence-electron chi connectivity index (χ4n) is 2.30.